The van der Waals surface area contributed by atoms with Crippen LogP contribution in [0.4, 0.5) is 0 Å². The van der Waals surface area contributed by atoms with E-state index in [1.54, 1.807) is 0 Å². The van der Waals surface area contributed by atoms with Gasteiger partial charge in [0.2, 0.25) is 5.91 Å². The normalized spacial score (nSPS) is 32.7. The summed E-state index contributed by atoms with van der Waals surface area (Å²) in [4.78, 5) is 13.2. The summed E-state index contributed by atoms with van der Waals surface area (Å²) in [7, 11) is 0. The molecule has 2 saturated heterocycles. The Balaban J connectivity index is 1.91. The van der Waals surface area contributed by atoms with Crippen LogP contribution >= 0.6 is 0 Å². The summed E-state index contributed by atoms with van der Waals surface area (Å²) in [5.74, 6) is 0.281. The van der Waals surface area contributed by atoms with E-state index in [-0.39, 0.29) is 5.91 Å². The van der Waals surface area contributed by atoms with Gasteiger partial charge in [-0.25, -0.2) is 0 Å². The van der Waals surface area contributed by atoms with Crippen LogP contribution in [0, 0.1) is 0 Å². The van der Waals surface area contributed by atoms with Crippen LogP contribution in [-0.4, -0.2) is 29.7 Å². The Labute approximate surface area is 79.0 Å². The summed E-state index contributed by atoms with van der Waals surface area (Å²) in [6, 6.07) is 0.402. The summed E-state index contributed by atoms with van der Waals surface area (Å²) in [6.45, 7) is 2.73. The van der Waals surface area contributed by atoms with Gasteiger partial charge >= 0.3 is 0 Å². The van der Waals surface area contributed by atoms with Gasteiger partial charge in [0, 0.05) is 6.42 Å². The Hall–Kier alpha value is -0.570. The first-order valence-corrected chi connectivity index (χ1v) is 5.24. The molecule has 0 N–H and O–H groups in total. The van der Waals surface area contributed by atoms with Crippen molar-refractivity contribution in [1.82, 2.24) is 4.90 Å². The van der Waals surface area contributed by atoms with Crippen LogP contribution in [0.25, 0.3) is 0 Å². The molecule has 3 heteroatoms. The maximum absolute atomic E-state index is 11.3. The third-order valence-corrected chi connectivity index (χ3v) is 3.07. The average Bonchev–Trinajstić information content (AvgIpc) is 2.67. The van der Waals surface area contributed by atoms with Crippen LogP contribution in [0.15, 0.2) is 0 Å². The van der Waals surface area contributed by atoms with Crippen LogP contribution < -0.4 is 0 Å². The predicted octanol–water partition coefficient (Wildman–Crippen LogP) is 1.52. The zero-order valence-electron chi connectivity index (χ0n) is 8.16. The van der Waals surface area contributed by atoms with E-state index in [4.69, 9.17) is 4.74 Å². The second-order valence-corrected chi connectivity index (χ2v) is 3.95. The van der Waals surface area contributed by atoms with Gasteiger partial charge in [-0.15, -0.1) is 0 Å². The van der Waals surface area contributed by atoms with Gasteiger partial charge in [-0.2, -0.15) is 0 Å². The number of nitrogens with zero attached hydrogens (tertiary/aromatic N) is 1. The molecule has 2 atom stereocenters. The molecular weight excluding hydrogens is 166 g/mol. The summed E-state index contributed by atoms with van der Waals surface area (Å²) in [6.07, 6.45) is 5.60. The molecule has 0 radical (unpaired) electrons. The highest BCUT2D eigenvalue weighted by Crippen LogP contribution is 2.30. The minimum absolute atomic E-state index is 0.281. The van der Waals surface area contributed by atoms with Gasteiger partial charge in [-0.3, -0.25) is 4.79 Å². The number of hydrogen-bond acceptors (Lipinski definition) is 2. The molecule has 2 heterocycles. The molecule has 0 bridgehead atoms. The predicted molar refractivity (Wildman–Crippen MR) is 49.1 cm³/mol. The first-order chi connectivity index (χ1) is 6.33. The van der Waals surface area contributed by atoms with E-state index >= 15 is 0 Å². The SMILES string of the molecule is CCCCC1OCN2C(=O)CCC12. The van der Waals surface area contributed by atoms with Crippen molar-refractivity contribution in [3.8, 4) is 0 Å². The molecule has 2 fully saturated rings. The smallest absolute Gasteiger partial charge is 0.224 e. The standard InChI is InChI=1S/C10H17NO2/c1-2-3-4-9-8-5-6-10(12)11(8)7-13-9/h8-9H,2-7H2,1H3. The molecule has 1 amide bonds. The first kappa shape index (κ1) is 9.00. The van der Waals surface area contributed by atoms with Gasteiger partial charge in [0.15, 0.2) is 0 Å². The van der Waals surface area contributed by atoms with Gasteiger partial charge in [-0.1, -0.05) is 19.8 Å². The van der Waals surface area contributed by atoms with Crippen LogP contribution in [0.2, 0.25) is 0 Å². The number of fused-ring (bicyclic) bond motifs is 1. The second kappa shape index (κ2) is 3.66. The lowest BCUT2D eigenvalue weighted by molar-refractivity contribution is -0.129. The molecule has 3 nitrogen and oxygen atoms in total. The Morgan fingerprint density at radius 2 is 2.46 bits per heavy atom. The van der Waals surface area contributed by atoms with E-state index in [0.717, 1.165) is 19.3 Å². The molecule has 13 heavy (non-hydrogen) atoms. The largest absolute Gasteiger partial charge is 0.356 e. The molecule has 0 aromatic heterocycles. The van der Waals surface area contributed by atoms with Crippen molar-refractivity contribution in [2.75, 3.05) is 6.73 Å². The van der Waals surface area contributed by atoms with E-state index in [9.17, 15) is 4.79 Å². The van der Waals surface area contributed by atoms with Crippen molar-refractivity contribution in [3.05, 3.63) is 0 Å². The van der Waals surface area contributed by atoms with Crippen molar-refractivity contribution < 1.29 is 9.53 Å². The van der Waals surface area contributed by atoms with Crippen molar-refractivity contribution in [3.63, 3.8) is 0 Å². The van der Waals surface area contributed by atoms with Crippen LogP contribution in [0.5, 0.6) is 0 Å². The Bertz CT molecular complexity index is 205. The Morgan fingerprint density at radius 3 is 3.23 bits per heavy atom. The number of hydrogen-bond donors (Lipinski definition) is 0. The zero-order valence-corrected chi connectivity index (χ0v) is 8.16. The number of ether oxygens (including phenoxy) is 1. The number of unbranched alkanes of at least 4 members (excludes halogenated alkanes) is 1. The fraction of sp³-hybridized carbons (Fsp3) is 0.900. The van der Waals surface area contributed by atoms with Gasteiger partial charge in [0.1, 0.15) is 6.73 Å². The number of amides is 1. The van der Waals surface area contributed by atoms with E-state index in [0.29, 0.717) is 18.9 Å². The highest BCUT2D eigenvalue weighted by atomic mass is 16.5. The summed E-state index contributed by atoms with van der Waals surface area (Å²) in [5.41, 5.74) is 0. The molecule has 0 aliphatic carbocycles. The van der Waals surface area contributed by atoms with Gasteiger partial charge in [-0.05, 0) is 12.8 Å². The van der Waals surface area contributed by atoms with Crippen molar-refractivity contribution >= 4 is 5.91 Å². The molecule has 0 aromatic carbocycles. The topological polar surface area (TPSA) is 29.5 Å². The second-order valence-electron chi connectivity index (χ2n) is 3.95. The third kappa shape index (κ3) is 1.57. The Morgan fingerprint density at radius 1 is 1.62 bits per heavy atom. The quantitative estimate of drug-likeness (QED) is 0.664. The fourth-order valence-electron chi connectivity index (χ4n) is 2.28. The maximum Gasteiger partial charge on any atom is 0.224 e. The summed E-state index contributed by atoms with van der Waals surface area (Å²) in [5, 5.41) is 0. The molecule has 2 unspecified atom stereocenters. The molecule has 0 spiro atoms. The van der Waals surface area contributed by atoms with E-state index in [2.05, 4.69) is 6.92 Å². The van der Waals surface area contributed by atoms with Gasteiger partial charge in [0.05, 0.1) is 12.1 Å². The average molecular weight is 183 g/mol. The number of carbonyl (C=O) groups is 1. The van der Waals surface area contributed by atoms with Gasteiger partial charge in [0.25, 0.3) is 0 Å². The Kier molecular flexibility index (Phi) is 2.54. The lowest BCUT2D eigenvalue weighted by Crippen LogP contribution is -2.31. The molecule has 2 rings (SSSR count). The minimum Gasteiger partial charge on any atom is -0.356 e. The van der Waals surface area contributed by atoms with Crippen LogP contribution in [0.3, 0.4) is 0 Å². The minimum atomic E-state index is 0.281. The molecule has 0 aromatic rings. The van der Waals surface area contributed by atoms with E-state index < -0.39 is 0 Å². The first-order valence-electron chi connectivity index (χ1n) is 5.24. The molecule has 2 aliphatic heterocycles. The molecule has 74 valence electrons. The zero-order chi connectivity index (χ0) is 9.26. The summed E-state index contributed by atoms with van der Waals surface area (Å²) < 4.78 is 5.60. The maximum atomic E-state index is 11.3. The number of rotatable bonds is 3. The van der Waals surface area contributed by atoms with E-state index in [1.807, 2.05) is 4.90 Å². The van der Waals surface area contributed by atoms with Crippen molar-refractivity contribution in [2.45, 2.75) is 51.2 Å². The van der Waals surface area contributed by atoms with Gasteiger partial charge < -0.3 is 9.64 Å². The van der Waals surface area contributed by atoms with Crippen LogP contribution in [-0.2, 0) is 9.53 Å². The lowest BCUT2D eigenvalue weighted by Gasteiger charge is -2.16. The lowest BCUT2D eigenvalue weighted by atomic mass is 10.0. The van der Waals surface area contributed by atoms with Crippen LogP contribution in [0.1, 0.15) is 39.0 Å². The third-order valence-electron chi connectivity index (χ3n) is 3.07. The molecule has 0 saturated carbocycles. The van der Waals surface area contributed by atoms with Crippen molar-refractivity contribution in [1.29, 1.82) is 0 Å². The van der Waals surface area contributed by atoms with E-state index in [1.165, 1.54) is 12.8 Å². The number of carbonyl (C=O) groups excluding carboxylic acids is 1. The molecule has 2 aliphatic rings. The monoisotopic (exact) mass is 183 g/mol. The summed E-state index contributed by atoms with van der Waals surface area (Å²) >= 11 is 0. The highest BCUT2D eigenvalue weighted by molar-refractivity contribution is 5.79. The highest BCUT2D eigenvalue weighted by Gasteiger charge is 2.41. The van der Waals surface area contributed by atoms with Crippen molar-refractivity contribution in [2.24, 2.45) is 0 Å². The fourth-order valence-corrected chi connectivity index (χ4v) is 2.28. The molecular formula is C10H17NO2.